The molecule has 172 valence electrons. The van der Waals surface area contributed by atoms with Crippen molar-refractivity contribution in [1.29, 1.82) is 0 Å². The number of hydrogen-bond donors (Lipinski definition) is 2. The summed E-state index contributed by atoms with van der Waals surface area (Å²) < 4.78 is 11.0. The number of rotatable bonds is 7. The van der Waals surface area contributed by atoms with Gasteiger partial charge in [0.2, 0.25) is 0 Å². The Labute approximate surface area is 196 Å². The van der Waals surface area contributed by atoms with Crippen LogP contribution in [0.4, 0.5) is 5.69 Å². The largest absolute Gasteiger partial charge is 0.490 e. The first-order chi connectivity index (χ1) is 15.6. The molecule has 2 aromatic carbocycles. The molecule has 2 N–H and O–H groups in total. The Morgan fingerprint density at radius 1 is 1.15 bits per heavy atom. The predicted molar refractivity (Wildman–Crippen MR) is 127 cm³/mol. The van der Waals surface area contributed by atoms with Crippen LogP contribution in [0, 0.1) is 13.8 Å². The van der Waals surface area contributed by atoms with Crippen molar-refractivity contribution >= 4 is 46.9 Å². The van der Waals surface area contributed by atoms with Gasteiger partial charge in [0.15, 0.2) is 22.7 Å². The molecule has 1 aliphatic rings. The van der Waals surface area contributed by atoms with Crippen molar-refractivity contribution in [3.8, 4) is 11.5 Å². The number of hydrogen-bond acceptors (Lipinski definition) is 6. The molecule has 1 fully saturated rings. The monoisotopic (exact) mass is 468 g/mol. The summed E-state index contributed by atoms with van der Waals surface area (Å²) in [5.74, 6) is -1.74. The van der Waals surface area contributed by atoms with Crippen LogP contribution in [0.1, 0.15) is 30.5 Å². The van der Waals surface area contributed by atoms with Gasteiger partial charge in [0.05, 0.1) is 12.3 Å². The quantitative estimate of drug-likeness (QED) is 0.365. The molecule has 1 unspecified atom stereocenters. The summed E-state index contributed by atoms with van der Waals surface area (Å²) in [7, 11) is 0. The van der Waals surface area contributed by atoms with Crippen LogP contribution >= 0.6 is 12.2 Å². The first-order valence-corrected chi connectivity index (χ1v) is 10.7. The van der Waals surface area contributed by atoms with Gasteiger partial charge in [-0.15, -0.1) is 0 Å². The van der Waals surface area contributed by atoms with Gasteiger partial charge in [0, 0.05) is 0 Å². The van der Waals surface area contributed by atoms with Crippen LogP contribution in [-0.4, -0.2) is 40.7 Å². The predicted octanol–water partition coefficient (Wildman–Crippen LogP) is 3.39. The summed E-state index contributed by atoms with van der Waals surface area (Å²) in [5, 5.41) is 11.7. The van der Waals surface area contributed by atoms with E-state index in [0.29, 0.717) is 23.6 Å². The van der Waals surface area contributed by atoms with Crippen molar-refractivity contribution in [2.75, 3.05) is 11.5 Å². The molecule has 0 radical (unpaired) electrons. The molecule has 3 rings (SSSR count). The summed E-state index contributed by atoms with van der Waals surface area (Å²) in [6.45, 7) is 7.38. The number of nitrogens with zero attached hydrogens (tertiary/aromatic N) is 1. The average Bonchev–Trinajstić information content (AvgIpc) is 2.75. The van der Waals surface area contributed by atoms with E-state index in [2.05, 4.69) is 5.32 Å². The molecule has 1 saturated heterocycles. The van der Waals surface area contributed by atoms with E-state index in [4.69, 9.17) is 26.8 Å². The van der Waals surface area contributed by atoms with E-state index in [1.807, 2.05) is 26.0 Å². The van der Waals surface area contributed by atoms with Gasteiger partial charge in [0.1, 0.15) is 5.57 Å². The Morgan fingerprint density at radius 2 is 1.88 bits per heavy atom. The summed E-state index contributed by atoms with van der Waals surface area (Å²) in [6.07, 6.45) is 0.354. The molecule has 9 heteroatoms. The third-order valence-electron chi connectivity index (χ3n) is 5.08. The number of benzene rings is 2. The molecule has 0 bridgehead atoms. The number of anilines is 1. The van der Waals surface area contributed by atoms with E-state index in [-0.39, 0.29) is 16.4 Å². The van der Waals surface area contributed by atoms with Crippen molar-refractivity contribution in [3.63, 3.8) is 0 Å². The fraction of sp³-hybridized carbons (Fsp3) is 0.250. The van der Waals surface area contributed by atoms with Crippen LogP contribution in [0.5, 0.6) is 11.5 Å². The molecule has 1 atom stereocenters. The zero-order valence-corrected chi connectivity index (χ0v) is 19.5. The summed E-state index contributed by atoms with van der Waals surface area (Å²) >= 11 is 5.25. The van der Waals surface area contributed by atoms with Gasteiger partial charge in [-0.2, -0.15) is 0 Å². The van der Waals surface area contributed by atoms with Crippen molar-refractivity contribution in [1.82, 2.24) is 5.32 Å². The minimum atomic E-state index is -1.12. The third-order valence-corrected chi connectivity index (χ3v) is 5.37. The normalized spacial score (nSPS) is 15.9. The lowest BCUT2D eigenvalue weighted by atomic mass is 10.0. The van der Waals surface area contributed by atoms with E-state index in [0.717, 1.165) is 11.1 Å². The molecule has 1 heterocycles. The molecular formula is C24H24N2O6S. The number of carbonyl (C=O) groups is 3. The number of thiocarbonyl (C=S) groups is 1. The second-order valence-corrected chi connectivity index (χ2v) is 7.85. The van der Waals surface area contributed by atoms with Crippen molar-refractivity contribution < 1.29 is 29.0 Å². The van der Waals surface area contributed by atoms with Gasteiger partial charge in [-0.05, 0) is 86.9 Å². The maximum Gasteiger partial charge on any atom is 0.344 e. The van der Waals surface area contributed by atoms with Crippen LogP contribution in [-0.2, 0) is 14.4 Å². The van der Waals surface area contributed by atoms with E-state index >= 15 is 0 Å². The number of nitrogens with one attached hydrogen (secondary N) is 1. The number of ether oxygens (including phenoxy) is 2. The summed E-state index contributed by atoms with van der Waals surface area (Å²) in [6, 6.07) is 10.2. The lowest BCUT2D eigenvalue weighted by Gasteiger charge is -2.29. The lowest BCUT2D eigenvalue weighted by molar-refractivity contribution is -0.144. The fourth-order valence-corrected chi connectivity index (χ4v) is 3.43. The van der Waals surface area contributed by atoms with Gasteiger partial charge >= 0.3 is 5.97 Å². The number of carboxylic acids is 1. The maximum absolute atomic E-state index is 13.2. The second kappa shape index (κ2) is 9.83. The Kier molecular flexibility index (Phi) is 7.13. The van der Waals surface area contributed by atoms with E-state index in [9.17, 15) is 14.4 Å². The highest BCUT2D eigenvalue weighted by Gasteiger charge is 2.34. The van der Waals surface area contributed by atoms with Crippen LogP contribution in [0.2, 0.25) is 0 Å². The third kappa shape index (κ3) is 5.20. The zero-order chi connectivity index (χ0) is 24.3. The molecule has 2 amide bonds. The number of carbonyl (C=O) groups excluding carboxylic acids is 2. The molecular weight excluding hydrogens is 444 g/mol. The number of aliphatic carboxylic acids is 1. The van der Waals surface area contributed by atoms with Crippen LogP contribution in [0.25, 0.3) is 6.08 Å². The summed E-state index contributed by atoms with van der Waals surface area (Å²) in [5.41, 5.74) is 3.01. The molecule has 0 aliphatic carbocycles. The van der Waals surface area contributed by atoms with E-state index < -0.39 is 23.9 Å². The first kappa shape index (κ1) is 23.9. The highest BCUT2D eigenvalue weighted by molar-refractivity contribution is 7.80. The standard InChI is InChI=1S/C24H24N2O6S/c1-5-31-20-12-16(7-9-19(20)32-15(4)23(29)30)11-18-21(27)25-24(33)26(22(18)28)17-8-6-13(2)14(3)10-17/h6-12,15H,5H2,1-4H3,(H,29,30)(H,25,27,33)/b18-11-. The maximum atomic E-state index is 13.2. The van der Waals surface area contributed by atoms with Gasteiger partial charge in [0.25, 0.3) is 11.8 Å². The minimum Gasteiger partial charge on any atom is -0.490 e. The van der Waals surface area contributed by atoms with Gasteiger partial charge in [-0.3, -0.25) is 19.8 Å². The Balaban J connectivity index is 1.98. The zero-order valence-electron chi connectivity index (χ0n) is 18.7. The lowest BCUT2D eigenvalue weighted by Crippen LogP contribution is -2.54. The average molecular weight is 469 g/mol. The van der Waals surface area contributed by atoms with E-state index in [1.54, 1.807) is 25.1 Å². The Hall–Kier alpha value is -3.72. The highest BCUT2D eigenvalue weighted by Crippen LogP contribution is 2.31. The van der Waals surface area contributed by atoms with Crippen molar-refractivity contribution in [3.05, 3.63) is 58.7 Å². The van der Waals surface area contributed by atoms with Gasteiger partial charge in [-0.25, -0.2) is 4.79 Å². The van der Waals surface area contributed by atoms with Crippen molar-refractivity contribution in [2.45, 2.75) is 33.8 Å². The first-order valence-electron chi connectivity index (χ1n) is 10.3. The second-order valence-electron chi connectivity index (χ2n) is 7.46. The van der Waals surface area contributed by atoms with Crippen molar-refractivity contribution in [2.24, 2.45) is 0 Å². The molecule has 0 spiro atoms. The SMILES string of the molecule is CCOc1cc(/C=C2/C(=O)NC(=S)N(c3ccc(C)c(C)c3)C2=O)ccc1OC(C)C(=O)O. The van der Waals surface area contributed by atoms with Gasteiger partial charge < -0.3 is 14.6 Å². The van der Waals surface area contributed by atoms with Crippen LogP contribution in [0.15, 0.2) is 42.0 Å². The molecule has 0 aromatic heterocycles. The molecule has 8 nitrogen and oxygen atoms in total. The molecule has 1 aliphatic heterocycles. The molecule has 33 heavy (non-hydrogen) atoms. The highest BCUT2D eigenvalue weighted by atomic mass is 32.1. The number of amides is 2. The molecule has 0 saturated carbocycles. The topological polar surface area (TPSA) is 105 Å². The van der Waals surface area contributed by atoms with Crippen LogP contribution in [0.3, 0.4) is 0 Å². The minimum absolute atomic E-state index is 0.00631. The number of carboxylic acid groups (broad SMARTS) is 1. The van der Waals surface area contributed by atoms with Gasteiger partial charge in [-0.1, -0.05) is 12.1 Å². The Morgan fingerprint density at radius 3 is 2.52 bits per heavy atom. The van der Waals surface area contributed by atoms with Crippen LogP contribution < -0.4 is 19.7 Å². The Bertz CT molecular complexity index is 1170. The summed E-state index contributed by atoms with van der Waals surface area (Å²) in [4.78, 5) is 38.2. The molecule has 2 aromatic rings. The fourth-order valence-electron chi connectivity index (χ4n) is 3.14. The number of aryl methyl sites for hydroxylation is 2. The smallest absolute Gasteiger partial charge is 0.344 e. The van der Waals surface area contributed by atoms with E-state index in [1.165, 1.54) is 24.0 Å².